The number of nitrogens with zero attached hydrogens (tertiary/aromatic N) is 1. The molecule has 0 aromatic heterocycles. The molecule has 2 heteroatoms. The van der Waals surface area contributed by atoms with Crippen LogP contribution in [0.2, 0.25) is 0 Å². The van der Waals surface area contributed by atoms with Gasteiger partial charge in [-0.05, 0) is 12.3 Å². The third-order valence-electron chi connectivity index (χ3n) is 2.05. The average Bonchev–Trinajstić information content (AvgIpc) is 2.18. The number of ketones is 1. The molecule has 0 aromatic carbocycles. The van der Waals surface area contributed by atoms with Gasteiger partial charge >= 0.3 is 0 Å². The Morgan fingerprint density at radius 1 is 1.55 bits per heavy atom. The van der Waals surface area contributed by atoms with E-state index in [9.17, 15) is 4.79 Å². The van der Waals surface area contributed by atoms with E-state index in [1.807, 2.05) is 25.2 Å². The second-order valence-corrected chi connectivity index (χ2v) is 3.41. The predicted molar refractivity (Wildman–Crippen MR) is 45.2 cm³/mol. The summed E-state index contributed by atoms with van der Waals surface area (Å²) in [4.78, 5) is 13.2. The maximum Gasteiger partial charge on any atom is 0.160 e. The van der Waals surface area contributed by atoms with Gasteiger partial charge < -0.3 is 4.90 Å². The Labute approximate surface area is 67.9 Å². The van der Waals surface area contributed by atoms with Crippen LogP contribution in [0.25, 0.3) is 0 Å². The molecule has 1 aliphatic carbocycles. The van der Waals surface area contributed by atoms with Gasteiger partial charge in [0.1, 0.15) is 0 Å². The first-order valence-corrected chi connectivity index (χ1v) is 4.02. The fourth-order valence-corrected chi connectivity index (χ4v) is 1.40. The highest BCUT2D eigenvalue weighted by molar-refractivity contribution is 5.97. The highest BCUT2D eigenvalue weighted by Crippen LogP contribution is 2.27. The highest BCUT2D eigenvalue weighted by atomic mass is 16.1. The molecule has 1 aliphatic rings. The maximum absolute atomic E-state index is 11.2. The summed E-state index contributed by atoms with van der Waals surface area (Å²) in [5, 5.41) is 0. The molecular formula is C9H15NO. The van der Waals surface area contributed by atoms with Crippen LogP contribution in [0.3, 0.4) is 0 Å². The summed E-state index contributed by atoms with van der Waals surface area (Å²) in [6, 6.07) is 0. The van der Waals surface area contributed by atoms with Gasteiger partial charge in [0.25, 0.3) is 0 Å². The first kappa shape index (κ1) is 8.31. The zero-order chi connectivity index (χ0) is 8.43. The smallest absolute Gasteiger partial charge is 0.160 e. The minimum atomic E-state index is 0.325. The van der Waals surface area contributed by atoms with Crippen LogP contribution in [-0.4, -0.2) is 24.8 Å². The molecule has 0 amide bonds. The summed E-state index contributed by atoms with van der Waals surface area (Å²) in [7, 11) is 3.90. The van der Waals surface area contributed by atoms with Crippen molar-refractivity contribution in [2.45, 2.75) is 19.8 Å². The normalized spacial score (nSPS) is 28.1. The Bertz CT molecular complexity index is 194. The van der Waals surface area contributed by atoms with Crippen LogP contribution in [-0.2, 0) is 4.79 Å². The molecule has 0 radical (unpaired) electrons. The van der Waals surface area contributed by atoms with Crippen molar-refractivity contribution in [1.29, 1.82) is 0 Å². The largest absolute Gasteiger partial charge is 0.383 e. The van der Waals surface area contributed by atoms with E-state index < -0.39 is 0 Å². The summed E-state index contributed by atoms with van der Waals surface area (Å²) < 4.78 is 0. The van der Waals surface area contributed by atoms with Gasteiger partial charge in [-0.1, -0.05) is 6.92 Å². The van der Waals surface area contributed by atoms with E-state index in [2.05, 4.69) is 6.92 Å². The average molecular weight is 153 g/mol. The molecule has 0 aliphatic heterocycles. The van der Waals surface area contributed by atoms with Gasteiger partial charge in [0.05, 0.1) is 0 Å². The first-order chi connectivity index (χ1) is 5.11. The summed E-state index contributed by atoms with van der Waals surface area (Å²) in [5.41, 5.74) is 0.995. The maximum atomic E-state index is 11.2. The lowest BCUT2D eigenvalue weighted by atomic mass is 10.1. The summed E-state index contributed by atoms with van der Waals surface area (Å²) in [6.45, 7) is 2.11. The van der Waals surface area contributed by atoms with Crippen molar-refractivity contribution in [1.82, 2.24) is 4.90 Å². The van der Waals surface area contributed by atoms with Crippen molar-refractivity contribution in [2.24, 2.45) is 5.92 Å². The monoisotopic (exact) mass is 153 g/mol. The van der Waals surface area contributed by atoms with E-state index in [1.54, 1.807) is 0 Å². The van der Waals surface area contributed by atoms with Crippen molar-refractivity contribution in [2.75, 3.05) is 14.1 Å². The third-order valence-corrected chi connectivity index (χ3v) is 2.05. The fourth-order valence-electron chi connectivity index (χ4n) is 1.40. The molecule has 1 unspecified atom stereocenters. The van der Waals surface area contributed by atoms with E-state index in [0.29, 0.717) is 11.7 Å². The second-order valence-electron chi connectivity index (χ2n) is 3.41. The van der Waals surface area contributed by atoms with Crippen molar-refractivity contribution in [3.63, 3.8) is 0 Å². The molecule has 0 saturated heterocycles. The van der Waals surface area contributed by atoms with Crippen LogP contribution in [0.4, 0.5) is 0 Å². The van der Waals surface area contributed by atoms with Crippen LogP contribution in [0.1, 0.15) is 19.8 Å². The Morgan fingerprint density at radius 2 is 2.18 bits per heavy atom. The van der Waals surface area contributed by atoms with Gasteiger partial charge in [-0.25, -0.2) is 0 Å². The van der Waals surface area contributed by atoms with Gasteiger partial charge in [-0.15, -0.1) is 0 Å². The molecule has 1 atom stereocenters. The SMILES string of the molecule is CC1CCC(=O)/C1=C\N(C)C. The minimum Gasteiger partial charge on any atom is -0.383 e. The molecule has 11 heavy (non-hydrogen) atoms. The number of rotatable bonds is 1. The summed E-state index contributed by atoms with van der Waals surface area (Å²) in [6.07, 6.45) is 3.71. The number of carbonyl (C=O) groups excluding carboxylic acids is 1. The number of allylic oxidation sites excluding steroid dienone is 1. The van der Waals surface area contributed by atoms with Crippen molar-refractivity contribution in [3.8, 4) is 0 Å². The van der Waals surface area contributed by atoms with Gasteiger partial charge in [0.2, 0.25) is 0 Å². The van der Waals surface area contributed by atoms with Gasteiger partial charge in [-0.3, -0.25) is 4.79 Å². The van der Waals surface area contributed by atoms with E-state index in [4.69, 9.17) is 0 Å². The van der Waals surface area contributed by atoms with E-state index >= 15 is 0 Å². The number of hydrogen-bond donors (Lipinski definition) is 0. The Balaban J connectivity index is 2.76. The molecule has 0 aromatic rings. The minimum absolute atomic E-state index is 0.325. The zero-order valence-corrected chi connectivity index (χ0v) is 7.42. The molecule has 0 N–H and O–H groups in total. The first-order valence-electron chi connectivity index (χ1n) is 4.02. The van der Waals surface area contributed by atoms with Crippen molar-refractivity contribution in [3.05, 3.63) is 11.8 Å². The number of hydrogen-bond acceptors (Lipinski definition) is 2. The molecule has 62 valence electrons. The molecule has 1 rings (SSSR count). The number of carbonyl (C=O) groups is 1. The van der Waals surface area contributed by atoms with Crippen LogP contribution >= 0.6 is 0 Å². The lowest BCUT2D eigenvalue weighted by Gasteiger charge is -2.08. The fraction of sp³-hybridized carbons (Fsp3) is 0.667. The van der Waals surface area contributed by atoms with Crippen LogP contribution < -0.4 is 0 Å². The Kier molecular flexibility index (Phi) is 2.32. The molecule has 0 spiro atoms. The summed E-state index contributed by atoms with van der Waals surface area (Å²) in [5.74, 6) is 0.788. The molecular weight excluding hydrogens is 138 g/mol. The Hall–Kier alpha value is -0.790. The highest BCUT2D eigenvalue weighted by Gasteiger charge is 2.24. The standard InChI is InChI=1S/C9H15NO/c1-7-4-5-9(11)8(7)6-10(2)3/h6-7H,4-5H2,1-3H3/b8-6-. The number of Topliss-reactive ketones (excluding diaryl/α,β-unsaturated/α-hetero) is 1. The zero-order valence-electron chi connectivity index (χ0n) is 7.42. The van der Waals surface area contributed by atoms with Crippen LogP contribution in [0, 0.1) is 5.92 Å². The molecule has 2 nitrogen and oxygen atoms in total. The Morgan fingerprint density at radius 3 is 2.55 bits per heavy atom. The lowest BCUT2D eigenvalue weighted by molar-refractivity contribution is -0.114. The van der Waals surface area contributed by atoms with E-state index in [-0.39, 0.29) is 0 Å². The van der Waals surface area contributed by atoms with Crippen LogP contribution in [0.5, 0.6) is 0 Å². The quantitative estimate of drug-likeness (QED) is 0.531. The third kappa shape index (κ3) is 1.82. The van der Waals surface area contributed by atoms with Crippen LogP contribution in [0.15, 0.2) is 11.8 Å². The van der Waals surface area contributed by atoms with Gasteiger partial charge in [-0.2, -0.15) is 0 Å². The van der Waals surface area contributed by atoms with E-state index in [0.717, 1.165) is 18.4 Å². The van der Waals surface area contributed by atoms with E-state index in [1.165, 1.54) is 0 Å². The van der Waals surface area contributed by atoms with Crippen molar-refractivity contribution < 1.29 is 4.79 Å². The predicted octanol–water partition coefficient (Wildman–Crippen LogP) is 1.43. The molecule has 0 heterocycles. The molecule has 1 saturated carbocycles. The molecule has 0 bridgehead atoms. The van der Waals surface area contributed by atoms with Gasteiger partial charge in [0, 0.05) is 32.3 Å². The summed E-state index contributed by atoms with van der Waals surface area (Å²) >= 11 is 0. The second kappa shape index (κ2) is 3.07. The lowest BCUT2D eigenvalue weighted by Crippen LogP contribution is -2.07. The van der Waals surface area contributed by atoms with Crippen molar-refractivity contribution >= 4 is 5.78 Å². The topological polar surface area (TPSA) is 20.3 Å². The molecule has 1 fully saturated rings. The van der Waals surface area contributed by atoms with Gasteiger partial charge in [0.15, 0.2) is 5.78 Å².